The monoisotopic (exact) mass is 376 g/mol. The third kappa shape index (κ3) is 6.24. The van der Waals surface area contributed by atoms with Gasteiger partial charge in [0.15, 0.2) is 0 Å². The van der Waals surface area contributed by atoms with Gasteiger partial charge in [0.25, 0.3) is 0 Å². The maximum atomic E-state index is 12.3. The molecule has 1 atom stereocenters. The van der Waals surface area contributed by atoms with Crippen LogP contribution >= 0.6 is 11.6 Å². The number of carbonyl (C=O) groups is 1. The standard InChI is InChI=1S/C20H25ClN2O3/c1-15(20(24)22-14-16-4-8-18(25-3)9-5-16)23(2)12-13-26-19-10-6-17(21)7-11-19/h4-11,15H,12-14H2,1-3H3,(H,22,24). The minimum absolute atomic E-state index is 0.0187. The minimum Gasteiger partial charge on any atom is -0.497 e. The average molecular weight is 377 g/mol. The van der Waals surface area contributed by atoms with E-state index in [-0.39, 0.29) is 11.9 Å². The second-order valence-electron chi connectivity index (χ2n) is 6.02. The number of carbonyl (C=O) groups excluding carboxylic acids is 1. The van der Waals surface area contributed by atoms with Crippen molar-refractivity contribution < 1.29 is 14.3 Å². The largest absolute Gasteiger partial charge is 0.497 e. The molecule has 1 N–H and O–H groups in total. The number of methoxy groups -OCH3 is 1. The summed E-state index contributed by atoms with van der Waals surface area (Å²) in [4.78, 5) is 14.3. The lowest BCUT2D eigenvalue weighted by Crippen LogP contribution is -2.44. The van der Waals surface area contributed by atoms with Crippen LogP contribution in [0, 0.1) is 0 Å². The van der Waals surface area contributed by atoms with Crippen LogP contribution in [0.4, 0.5) is 0 Å². The lowest BCUT2D eigenvalue weighted by atomic mass is 10.2. The Hall–Kier alpha value is -2.24. The smallest absolute Gasteiger partial charge is 0.237 e. The maximum absolute atomic E-state index is 12.3. The molecule has 0 aliphatic heterocycles. The third-order valence-corrected chi connectivity index (χ3v) is 4.44. The highest BCUT2D eigenvalue weighted by Gasteiger charge is 2.17. The molecule has 0 saturated heterocycles. The van der Waals surface area contributed by atoms with Crippen LogP contribution in [0.1, 0.15) is 12.5 Å². The summed E-state index contributed by atoms with van der Waals surface area (Å²) < 4.78 is 10.8. The quantitative estimate of drug-likeness (QED) is 0.729. The Morgan fingerprint density at radius 1 is 1.12 bits per heavy atom. The summed E-state index contributed by atoms with van der Waals surface area (Å²) in [6, 6.07) is 14.6. The van der Waals surface area contributed by atoms with Crippen molar-refractivity contribution in [2.75, 3.05) is 27.3 Å². The zero-order valence-electron chi connectivity index (χ0n) is 15.4. The molecule has 0 heterocycles. The second-order valence-corrected chi connectivity index (χ2v) is 6.46. The van der Waals surface area contributed by atoms with Gasteiger partial charge in [0, 0.05) is 18.1 Å². The van der Waals surface area contributed by atoms with Crippen molar-refractivity contribution in [3.05, 3.63) is 59.1 Å². The van der Waals surface area contributed by atoms with E-state index in [2.05, 4.69) is 5.32 Å². The van der Waals surface area contributed by atoms with E-state index in [1.807, 2.05) is 55.3 Å². The van der Waals surface area contributed by atoms with Gasteiger partial charge < -0.3 is 14.8 Å². The first-order valence-electron chi connectivity index (χ1n) is 8.49. The number of ether oxygens (including phenoxy) is 2. The van der Waals surface area contributed by atoms with Gasteiger partial charge in [0.05, 0.1) is 13.2 Å². The van der Waals surface area contributed by atoms with Crippen LogP contribution in [0.3, 0.4) is 0 Å². The first kappa shape index (κ1) is 20.1. The molecule has 0 spiro atoms. The first-order chi connectivity index (χ1) is 12.5. The molecule has 2 aromatic rings. The maximum Gasteiger partial charge on any atom is 0.237 e. The van der Waals surface area contributed by atoms with Gasteiger partial charge in [-0.3, -0.25) is 9.69 Å². The Morgan fingerprint density at radius 2 is 1.73 bits per heavy atom. The third-order valence-electron chi connectivity index (χ3n) is 4.19. The summed E-state index contributed by atoms with van der Waals surface area (Å²) in [6.07, 6.45) is 0. The molecule has 0 aliphatic carbocycles. The Kier molecular flexibility index (Phi) is 7.75. The molecule has 2 rings (SSSR count). The summed E-state index contributed by atoms with van der Waals surface area (Å²) in [6.45, 7) is 3.50. The van der Waals surface area contributed by atoms with Crippen molar-refractivity contribution in [3.8, 4) is 11.5 Å². The van der Waals surface area contributed by atoms with E-state index in [0.717, 1.165) is 17.1 Å². The molecule has 1 amide bonds. The number of nitrogens with zero attached hydrogens (tertiary/aromatic N) is 1. The molecule has 0 saturated carbocycles. The number of hydrogen-bond acceptors (Lipinski definition) is 4. The number of likely N-dealkylation sites (N-methyl/N-ethyl adjacent to an activating group) is 1. The molecular weight excluding hydrogens is 352 g/mol. The number of hydrogen-bond donors (Lipinski definition) is 1. The summed E-state index contributed by atoms with van der Waals surface area (Å²) in [5, 5.41) is 3.63. The van der Waals surface area contributed by atoms with Gasteiger partial charge >= 0.3 is 0 Å². The van der Waals surface area contributed by atoms with Gasteiger partial charge in [-0.05, 0) is 55.9 Å². The van der Waals surface area contributed by atoms with Crippen LogP contribution in [-0.4, -0.2) is 44.2 Å². The Bertz CT molecular complexity index is 689. The summed E-state index contributed by atoms with van der Waals surface area (Å²) in [5.41, 5.74) is 1.03. The molecule has 140 valence electrons. The number of nitrogens with one attached hydrogen (secondary N) is 1. The fourth-order valence-electron chi connectivity index (χ4n) is 2.31. The van der Waals surface area contributed by atoms with Crippen molar-refractivity contribution in [2.45, 2.75) is 19.5 Å². The van der Waals surface area contributed by atoms with Crippen molar-refractivity contribution in [1.82, 2.24) is 10.2 Å². The van der Waals surface area contributed by atoms with Gasteiger partial charge in [-0.2, -0.15) is 0 Å². The predicted octanol–water partition coefficient (Wildman–Crippen LogP) is 3.36. The fourth-order valence-corrected chi connectivity index (χ4v) is 2.44. The van der Waals surface area contributed by atoms with Crippen LogP contribution in [-0.2, 0) is 11.3 Å². The summed E-state index contributed by atoms with van der Waals surface area (Å²) in [7, 11) is 3.54. The van der Waals surface area contributed by atoms with Crippen molar-refractivity contribution in [1.29, 1.82) is 0 Å². The minimum atomic E-state index is -0.248. The van der Waals surface area contributed by atoms with E-state index < -0.39 is 0 Å². The molecule has 26 heavy (non-hydrogen) atoms. The lowest BCUT2D eigenvalue weighted by Gasteiger charge is -2.24. The molecule has 5 nitrogen and oxygen atoms in total. The van der Waals surface area contributed by atoms with Gasteiger partial charge in [-0.25, -0.2) is 0 Å². The number of rotatable bonds is 9. The molecule has 1 unspecified atom stereocenters. The highest BCUT2D eigenvalue weighted by Crippen LogP contribution is 2.15. The molecule has 0 fully saturated rings. The van der Waals surface area contributed by atoms with Crippen LogP contribution in [0.5, 0.6) is 11.5 Å². The average Bonchev–Trinajstić information content (AvgIpc) is 2.67. The van der Waals surface area contributed by atoms with E-state index >= 15 is 0 Å². The SMILES string of the molecule is COc1ccc(CNC(=O)C(C)N(C)CCOc2ccc(Cl)cc2)cc1. The highest BCUT2D eigenvalue weighted by molar-refractivity contribution is 6.30. The van der Waals surface area contributed by atoms with Crippen LogP contribution in [0.25, 0.3) is 0 Å². The Labute approximate surface area is 159 Å². The Balaban J connectivity index is 1.72. The zero-order chi connectivity index (χ0) is 18.9. The molecular formula is C20H25ClN2O3. The van der Waals surface area contributed by atoms with E-state index in [4.69, 9.17) is 21.1 Å². The van der Waals surface area contributed by atoms with Crippen LogP contribution in [0.15, 0.2) is 48.5 Å². The second kappa shape index (κ2) is 10.0. The van der Waals surface area contributed by atoms with Gasteiger partial charge in [0.1, 0.15) is 18.1 Å². The highest BCUT2D eigenvalue weighted by atomic mass is 35.5. The van der Waals surface area contributed by atoms with E-state index in [1.54, 1.807) is 19.2 Å². The number of halogens is 1. The molecule has 0 aromatic heterocycles. The van der Waals surface area contributed by atoms with Crippen molar-refractivity contribution >= 4 is 17.5 Å². The molecule has 0 aliphatic rings. The molecule has 2 aromatic carbocycles. The normalized spacial score (nSPS) is 11.9. The van der Waals surface area contributed by atoms with Crippen LogP contribution < -0.4 is 14.8 Å². The Morgan fingerprint density at radius 3 is 2.35 bits per heavy atom. The van der Waals surface area contributed by atoms with Gasteiger partial charge in [-0.15, -0.1) is 0 Å². The van der Waals surface area contributed by atoms with Crippen molar-refractivity contribution in [3.63, 3.8) is 0 Å². The van der Waals surface area contributed by atoms with Crippen LogP contribution in [0.2, 0.25) is 5.02 Å². The van der Waals surface area contributed by atoms with Gasteiger partial charge in [-0.1, -0.05) is 23.7 Å². The summed E-state index contributed by atoms with van der Waals surface area (Å²) >= 11 is 5.85. The van der Waals surface area contributed by atoms with Crippen molar-refractivity contribution in [2.24, 2.45) is 0 Å². The zero-order valence-corrected chi connectivity index (χ0v) is 16.1. The van der Waals surface area contributed by atoms with Gasteiger partial charge in [0.2, 0.25) is 5.91 Å². The number of amides is 1. The molecule has 0 radical (unpaired) electrons. The fraction of sp³-hybridized carbons (Fsp3) is 0.350. The lowest BCUT2D eigenvalue weighted by molar-refractivity contribution is -0.125. The topological polar surface area (TPSA) is 50.8 Å². The molecule has 6 heteroatoms. The van der Waals surface area contributed by atoms with E-state index in [0.29, 0.717) is 24.7 Å². The molecule has 0 bridgehead atoms. The number of benzene rings is 2. The van der Waals surface area contributed by atoms with E-state index in [9.17, 15) is 4.79 Å². The van der Waals surface area contributed by atoms with E-state index in [1.165, 1.54) is 0 Å². The summed E-state index contributed by atoms with van der Waals surface area (Å²) in [5.74, 6) is 1.54. The predicted molar refractivity (Wildman–Crippen MR) is 104 cm³/mol. The first-order valence-corrected chi connectivity index (χ1v) is 8.86.